The van der Waals surface area contributed by atoms with Gasteiger partial charge in [-0.3, -0.25) is 14.4 Å². The van der Waals surface area contributed by atoms with Gasteiger partial charge in [-0.05, 0) is 43.2 Å². The van der Waals surface area contributed by atoms with E-state index >= 15 is 0 Å². The first kappa shape index (κ1) is 32.3. The lowest BCUT2D eigenvalue weighted by molar-refractivity contribution is -0.144. The van der Waals surface area contributed by atoms with Gasteiger partial charge in [-0.15, -0.1) is 0 Å². The summed E-state index contributed by atoms with van der Waals surface area (Å²) in [7, 11) is 1.41. The van der Waals surface area contributed by atoms with Crippen molar-refractivity contribution in [2.75, 3.05) is 26.7 Å². The third-order valence-electron chi connectivity index (χ3n) is 8.46. The van der Waals surface area contributed by atoms with Crippen molar-refractivity contribution in [3.05, 3.63) is 70.8 Å². The summed E-state index contributed by atoms with van der Waals surface area (Å²) in [6, 6.07) is 8.48. The molecule has 0 aromatic heterocycles. The maximum Gasteiger partial charge on any atom is 0.416 e. The molecule has 1 N–H and O–H groups in total. The van der Waals surface area contributed by atoms with Crippen molar-refractivity contribution in [2.24, 2.45) is 0 Å². The number of aliphatic hydroxyl groups excluding tert-OH is 1. The molecule has 3 amide bonds. The molecule has 0 radical (unpaired) electrons. The Bertz CT molecular complexity index is 1350. The fraction of sp³-hybridized carbons (Fsp3) is 0.500. The second-order valence-corrected chi connectivity index (χ2v) is 11.7. The normalized spacial score (nSPS) is 23.0. The first-order chi connectivity index (χ1) is 19.8. The molecular weight excluding hydrogens is 580 g/mol. The number of hydrogen-bond acceptors (Lipinski definition) is 4. The van der Waals surface area contributed by atoms with Crippen LogP contribution in [-0.2, 0) is 32.2 Å². The Hall–Kier alpha value is -3.61. The molecule has 0 unspecified atom stereocenters. The third kappa shape index (κ3) is 6.51. The van der Waals surface area contributed by atoms with E-state index in [-0.39, 0.29) is 38.0 Å². The molecule has 0 spiro atoms. The van der Waals surface area contributed by atoms with Crippen LogP contribution >= 0.6 is 0 Å². The minimum atomic E-state index is -5.08. The molecule has 2 aliphatic rings. The summed E-state index contributed by atoms with van der Waals surface area (Å²) in [5.74, 6) is -1.97. The van der Waals surface area contributed by atoms with E-state index in [1.807, 2.05) is 0 Å². The SMILES string of the molecule is CC(=O)N1C[C@H](O)C[C@H]1C(=O)N1C[C@@H](N(C)C(=O)C(C)(C)c2cc(C(F)(F)F)cc(C(F)(F)F)c2)[C@H](c2ccccc2)C1. The number of likely N-dealkylation sites (tertiary alicyclic amines) is 2. The average Bonchev–Trinajstić information content (AvgIpc) is 3.55. The summed E-state index contributed by atoms with van der Waals surface area (Å²) in [6.07, 6.45) is -11.0. The molecule has 2 heterocycles. The number of likely N-dealkylation sites (N-methyl/N-ethyl adjacent to an activating group) is 1. The second kappa shape index (κ2) is 11.5. The molecule has 4 rings (SSSR count). The summed E-state index contributed by atoms with van der Waals surface area (Å²) in [5.41, 5.74) is -4.53. The van der Waals surface area contributed by atoms with Crippen LogP contribution in [0.15, 0.2) is 48.5 Å². The van der Waals surface area contributed by atoms with Crippen molar-refractivity contribution in [3.63, 3.8) is 0 Å². The number of hydrogen-bond donors (Lipinski definition) is 1. The first-order valence-electron chi connectivity index (χ1n) is 13.7. The van der Waals surface area contributed by atoms with Crippen LogP contribution < -0.4 is 0 Å². The lowest BCUT2D eigenvalue weighted by Gasteiger charge is -2.36. The quantitative estimate of drug-likeness (QED) is 0.506. The monoisotopic (exact) mass is 613 g/mol. The molecule has 0 bridgehead atoms. The molecule has 2 saturated heterocycles. The lowest BCUT2D eigenvalue weighted by Crippen LogP contribution is -2.50. The maximum absolute atomic E-state index is 13.9. The van der Waals surface area contributed by atoms with Gasteiger partial charge in [0.1, 0.15) is 6.04 Å². The molecule has 2 aliphatic heterocycles. The first-order valence-corrected chi connectivity index (χ1v) is 13.7. The molecule has 2 fully saturated rings. The fourth-order valence-corrected chi connectivity index (χ4v) is 6.02. The van der Waals surface area contributed by atoms with E-state index in [2.05, 4.69) is 0 Å². The van der Waals surface area contributed by atoms with Crippen LogP contribution in [0.3, 0.4) is 0 Å². The summed E-state index contributed by atoms with van der Waals surface area (Å²) in [5, 5.41) is 10.1. The molecular formula is C30H33F6N3O4. The number of rotatable bonds is 5. The van der Waals surface area contributed by atoms with E-state index in [0.29, 0.717) is 12.1 Å². The van der Waals surface area contributed by atoms with Crippen LogP contribution in [0.1, 0.15) is 55.4 Å². The average molecular weight is 614 g/mol. The summed E-state index contributed by atoms with van der Waals surface area (Å²) < 4.78 is 81.5. The minimum absolute atomic E-state index is 0.00540. The van der Waals surface area contributed by atoms with Crippen molar-refractivity contribution in [2.45, 2.75) is 69.1 Å². The molecule has 0 saturated carbocycles. The molecule has 7 nitrogen and oxygen atoms in total. The number of alkyl halides is 6. The Balaban J connectivity index is 1.68. The highest BCUT2D eigenvalue weighted by molar-refractivity contribution is 5.89. The number of aliphatic hydroxyl groups is 1. The van der Waals surface area contributed by atoms with Crippen LogP contribution in [0.2, 0.25) is 0 Å². The smallest absolute Gasteiger partial charge is 0.391 e. The van der Waals surface area contributed by atoms with Crippen LogP contribution in [-0.4, -0.2) is 82.4 Å². The van der Waals surface area contributed by atoms with E-state index in [1.165, 1.54) is 42.5 Å². The highest BCUT2D eigenvalue weighted by Gasteiger charge is 2.48. The van der Waals surface area contributed by atoms with Crippen molar-refractivity contribution < 1.29 is 45.8 Å². The van der Waals surface area contributed by atoms with Crippen LogP contribution in [0.5, 0.6) is 0 Å². The van der Waals surface area contributed by atoms with Gasteiger partial charge < -0.3 is 19.8 Å². The Morgan fingerprint density at radius 3 is 1.91 bits per heavy atom. The zero-order chi connectivity index (χ0) is 32.1. The number of carbonyl (C=O) groups is 3. The topological polar surface area (TPSA) is 81.2 Å². The van der Waals surface area contributed by atoms with E-state index < -0.39 is 70.4 Å². The van der Waals surface area contributed by atoms with Crippen LogP contribution in [0, 0.1) is 0 Å². The van der Waals surface area contributed by atoms with E-state index in [9.17, 15) is 45.8 Å². The summed E-state index contributed by atoms with van der Waals surface area (Å²) in [6.45, 7) is 3.99. The van der Waals surface area contributed by atoms with Gasteiger partial charge in [0.05, 0.1) is 28.7 Å². The molecule has 2 aromatic carbocycles. The third-order valence-corrected chi connectivity index (χ3v) is 8.46. The fourth-order valence-electron chi connectivity index (χ4n) is 6.02. The number of halogens is 6. The number of nitrogens with zero attached hydrogens (tertiary/aromatic N) is 3. The number of amides is 3. The Labute approximate surface area is 245 Å². The predicted octanol–water partition coefficient (Wildman–Crippen LogP) is 4.44. The zero-order valence-electron chi connectivity index (χ0n) is 24.0. The molecule has 2 aromatic rings. The van der Waals surface area contributed by atoms with Gasteiger partial charge in [0.25, 0.3) is 0 Å². The number of carbonyl (C=O) groups excluding carboxylic acids is 3. The Morgan fingerprint density at radius 2 is 1.40 bits per heavy atom. The molecule has 13 heteroatoms. The second-order valence-electron chi connectivity index (χ2n) is 11.7. The molecule has 234 valence electrons. The Morgan fingerprint density at radius 1 is 0.860 bits per heavy atom. The standard InChI is InChI=1S/C30H33F6N3O4/c1-17(40)39-14-22(41)13-24(39)26(42)38-15-23(18-8-6-5-7-9-18)25(16-38)37(4)27(43)28(2,3)19-10-20(29(31,32)33)12-21(11-19)30(34,35)36/h5-12,22-25,41H,13-16H2,1-4H3/t22-,23+,24+,25-/m1/s1. The van der Waals surface area contributed by atoms with Gasteiger partial charge in [0.2, 0.25) is 17.7 Å². The zero-order valence-corrected chi connectivity index (χ0v) is 24.0. The largest absolute Gasteiger partial charge is 0.416 e. The van der Waals surface area contributed by atoms with Crippen molar-refractivity contribution in [3.8, 4) is 0 Å². The van der Waals surface area contributed by atoms with Crippen LogP contribution in [0.4, 0.5) is 26.3 Å². The van der Waals surface area contributed by atoms with Gasteiger partial charge >= 0.3 is 12.4 Å². The van der Waals surface area contributed by atoms with Gasteiger partial charge in [0, 0.05) is 45.9 Å². The van der Waals surface area contributed by atoms with E-state index in [4.69, 9.17) is 0 Å². The number of β-amino-alcohol motifs (C(OH)–C–C–N with tert-alkyl or cyclic N) is 1. The van der Waals surface area contributed by atoms with E-state index in [0.717, 1.165) is 5.56 Å². The van der Waals surface area contributed by atoms with Crippen LogP contribution in [0.25, 0.3) is 0 Å². The molecule has 4 atom stereocenters. The lowest BCUT2D eigenvalue weighted by atomic mass is 9.80. The van der Waals surface area contributed by atoms with E-state index in [1.54, 1.807) is 30.3 Å². The maximum atomic E-state index is 13.9. The van der Waals surface area contributed by atoms with Crippen molar-refractivity contribution in [1.29, 1.82) is 0 Å². The summed E-state index contributed by atoms with van der Waals surface area (Å²) >= 11 is 0. The van der Waals surface area contributed by atoms with Gasteiger partial charge in [-0.1, -0.05) is 30.3 Å². The van der Waals surface area contributed by atoms with Crippen molar-refractivity contribution in [1.82, 2.24) is 14.7 Å². The van der Waals surface area contributed by atoms with Gasteiger partial charge in [0.15, 0.2) is 0 Å². The molecule has 0 aliphatic carbocycles. The molecule has 43 heavy (non-hydrogen) atoms. The minimum Gasteiger partial charge on any atom is -0.391 e. The predicted molar refractivity (Wildman–Crippen MR) is 144 cm³/mol. The number of benzene rings is 2. The summed E-state index contributed by atoms with van der Waals surface area (Å²) in [4.78, 5) is 43.8. The Kier molecular flexibility index (Phi) is 8.62. The van der Waals surface area contributed by atoms with Crippen molar-refractivity contribution >= 4 is 17.7 Å². The highest BCUT2D eigenvalue weighted by atomic mass is 19.4. The van der Waals surface area contributed by atoms with Gasteiger partial charge in [-0.25, -0.2) is 0 Å². The van der Waals surface area contributed by atoms with Gasteiger partial charge in [-0.2, -0.15) is 26.3 Å². The highest BCUT2D eigenvalue weighted by Crippen LogP contribution is 2.40.